The van der Waals surface area contributed by atoms with E-state index in [9.17, 15) is 9.59 Å². The Labute approximate surface area is 188 Å². The molecule has 0 atom stereocenters. The lowest BCUT2D eigenvalue weighted by atomic mass is 10.0. The van der Waals surface area contributed by atoms with Crippen molar-refractivity contribution < 1.29 is 14.3 Å². The molecule has 32 heavy (non-hydrogen) atoms. The maximum absolute atomic E-state index is 12.6. The predicted molar refractivity (Wildman–Crippen MR) is 126 cm³/mol. The minimum Gasteiger partial charge on any atom is -0.483 e. The van der Waals surface area contributed by atoms with Crippen molar-refractivity contribution in [1.29, 1.82) is 0 Å². The highest BCUT2D eigenvalue weighted by Crippen LogP contribution is 2.24. The Kier molecular flexibility index (Phi) is 7.02. The van der Waals surface area contributed by atoms with E-state index in [2.05, 4.69) is 22.8 Å². The molecule has 0 radical (unpaired) electrons. The SMILES string of the molecule is O=C(COc1ccccc1Cc1ccccc1)Nc1ccccc1NC(=O)N1CCCC1. The Morgan fingerprint density at radius 1 is 0.781 bits per heavy atom. The van der Waals surface area contributed by atoms with E-state index >= 15 is 0 Å². The Morgan fingerprint density at radius 3 is 2.16 bits per heavy atom. The molecule has 6 nitrogen and oxygen atoms in total. The zero-order valence-electron chi connectivity index (χ0n) is 17.9. The van der Waals surface area contributed by atoms with Crippen LogP contribution in [0.25, 0.3) is 0 Å². The van der Waals surface area contributed by atoms with Crippen LogP contribution in [0.4, 0.5) is 16.2 Å². The Balaban J connectivity index is 1.36. The van der Waals surface area contributed by atoms with E-state index in [1.165, 1.54) is 5.56 Å². The first-order valence-electron chi connectivity index (χ1n) is 10.9. The number of ether oxygens (including phenoxy) is 1. The molecule has 0 saturated carbocycles. The third kappa shape index (κ3) is 5.66. The van der Waals surface area contributed by atoms with Gasteiger partial charge in [-0.25, -0.2) is 4.79 Å². The minimum absolute atomic E-state index is 0.125. The summed E-state index contributed by atoms with van der Waals surface area (Å²) in [7, 11) is 0. The number of rotatable bonds is 7. The van der Waals surface area contributed by atoms with Crippen molar-refractivity contribution in [2.45, 2.75) is 19.3 Å². The van der Waals surface area contributed by atoms with Gasteiger partial charge < -0.3 is 20.3 Å². The second kappa shape index (κ2) is 10.5. The van der Waals surface area contributed by atoms with Crippen LogP contribution in [-0.4, -0.2) is 36.5 Å². The molecular formula is C26H27N3O3. The standard InChI is InChI=1S/C26H27N3O3/c30-25(19-32-24-15-7-4-12-21(24)18-20-10-2-1-3-11-20)27-22-13-5-6-14-23(22)28-26(31)29-16-8-9-17-29/h1-7,10-15H,8-9,16-19H2,(H,27,30)(H,28,31). The number of urea groups is 1. The molecule has 1 aliphatic heterocycles. The molecular weight excluding hydrogens is 402 g/mol. The van der Waals surface area contributed by atoms with Gasteiger partial charge in [-0.15, -0.1) is 0 Å². The summed E-state index contributed by atoms with van der Waals surface area (Å²) in [5.74, 6) is 0.393. The zero-order chi connectivity index (χ0) is 22.2. The van der Waals surface area contributed by atoms with Crippen molar-refractivity contribution in [2.24, 2.45) is 0 Å². The van der Waals surface area contributed by atoms with Crippen molar-refractivity contribution in [3.63, 3.8) is 0 Å². The van der Waals surface area contributed by atoms with E-state index in [4.69, 9.17) is 4.74 Å². The number of hydrogen-bond donors (Lipinski definition) is 2. The monoisotopic (exact) mass is 429 g/mol. The molecule has 1 heterocycles. The van der Waals surface area contributed by atoms with Gasteiger partial charge in [0.05, 0.1) is 11.4 Å². The number of benzene rings is 3. The van der Waals surface area contributed by atoms with Crippen molar-refractivity contribution in [1.82, 2.24) is 4.90 Å². The normalized spacial score (nSPS) is 12.9. The Hall–Kier alpha value is -3.80. The summed E-state index contributed by atoms with van der Waals surface area (Å²) < 4.78 is 5.84. The molecule has 0 bridgehead atoms. The molecule has 3 aromatic carbocycles. The van der Waals surface area contributed by atoms with Crippen LogP contribution in [0, 0.1) is 0 Å². The second-order valence-corrected chi connectivity index (χ2v) is 7.78. The number of nitrogens with zero attached hydrogens (tertiary/aromatic N) is 1. The number of carbonyl (C=O) groups is 2. The van der Waals surface area contributed by atoms with Gasteiger partial charge in [0.15, 0.2) is 6.61 Å². The highest BCUT2D eigenvalue weighted by atomic mass is 16.5. The lowest BCUT2D eigenvalue weighted by molar-refractivity contribution is -0.118. The number of nitrogens with one attached hydrogen (secondary N) is 2. The molecule has 3 aromatic rings. The van der Waals surface area contributed by atoms with Crippen molar-refractivity contribution in [3.8, 4) is 5.75 Å². The highest BCUT2D eigenvalue weighted by molar-refractivity contribution is 5.99. The highest BCUT2D eigenvalue weighted by Gasteiger charge is 2.19. The molecule has 0 spiro atoms. The van der Waals surface area contributed by atoms with Gasteiger partial charge in [-0.2, -0.15) is 0 Å². The van der Waals surface area contributed by atoms with Crippen LogP contribution in [0.1, 0.15) is 24.0 Å². The van der Waals surface area contributed by atoms with E-state index in [-0.39, 0.29) is 18.5 Å². The average Bonchev–Trinajstić information content (AvgIpc) is 3.36. The summed E-state index contributed by atoms with van der Waals surface area (Å²) in [5, 5.41) is 5.75. The number of carbonyl (C=O) groups excluding carboxylic acids is 2. The van der Waals surface area contributed by atoms with Crippen LogP contribution in [0.2, 0.25) is 0 Å². The summed E-state index contributed by atoms with van der Waals surface area (Å²) in [6.45, 7) is 1.40. The van der Waals surface area contributed by atoms with E-state index in [1.807, 2.05) is 54.6 Å². The lowest BCUT2D eigenvalue weighted by Crippen LogP contribution is -2.32. The van der Waals surface area contributed by atoms with Crippen molar-refractivity contribution >= 4 is 23.3 Å². The molecule has 0 unspecified atom stereocenters. The Morgan fingerprint density at radius 2 is 1.41 bits per heavy atom. The minimum atomic E-state index is -0.289. The third-order valence-electron chi connectivity index (χ3n) is 5.40. The maximum Gasteiger partial charge on any atom is 0.321 e. The summed E-state index contributed by atoms with van der Waals surface area (Å²) in [6.07, 6.45) is 2.77. The van der Waals surface area contributed by atoms with Crippen LogP contribution < -0.4 is 15.4 Å². The van der Waals surface area contributed by atoms with Gasteiger partial charge in [-0.1, -0.05) is 60.7 Å². The molecule has 0 aliphatic carbocycles. The zero-order valence-corrected chi connectivity index (χ0v) is 17.9. The van der Waals surface area contributed by atoms with E-state index in [0.717, 1.165) is 37.9 Å². The molecule has 4 rings (SSSR count). The number of para-hydroxylation sites is 3. The van der Waals surface area contributed by atoms with Crippen molar-refractivity contribution in [2.75, 3.05) is 30.3 Å². The van der Waals surface area contributed by atoms with Crippen molar-refractivity contribution in [3.05, 3.63) is 90.0 Å². The summed E-state index contributed by atoms with van der Waals surface area (Å²) >= 11 is 0. The predicted octanol–water partition coefficient (Wildman–Crippen LogP) is 4.92. The van der Waals surface area contributed by atoms with Crippen LogP contribution >= 0.6 is 0 Å². The van der Waals surface area contributed by atoms with Gasteiger partial charge in [0.1, 0.15) is 5.75 Å². The first kappa shape index (κ1) is 21.4. The average molecular weight is 430 g/mol. The van der Waals surface area contributed by atoms with Gasteiger partial charge in [0, 0.05) is 19.5 Å². The lowest BCUT2D eigenvalue weighted by Gasteiger charge is -2.18. The second-order valence-electron chi connectivity index (χ2n) is 7.78. The molecule has 1 aliphatic rings. The molecule has 1 saturated heterocycles. The first-order valence-corrected chi connectivity index (χ1v) is 10.9. The van der Waals surface area contributed by atoms with Gasteiger partial charge in [0.2, 0.25) is 0 Å². The van der Waals surface area contributed by atoms with Gasteiger partial charge in [-0.05, 0) is 42.2 Å². The fourth-order valence-corrected chi connectivity index (χ4v) is 3.75. The topological polar surface area (TPSA) is 70.7 Å². The molecule has 164 valence electrons. The largest absolute Gasteiger partial charge is 0.483 e. The fraction of sp³-hybridized carbons (Fsp3) is 0.231. The van der Waals surface area contributed by atoms with E-state index in [0.29, 0.717) is 17.1 Å². The maximum atomic E-state index is 12.6. The third-order valence-corrected chi connectivity index (χ3v) is 5.40. The van der Waals surface area contributed by atoms with Gasteiger partial charge in [-0.3, -0.25) is 4.79 Å². The van der Waals surface area contributed by atoms with Crippen LogP contribution in [-0.2, 0) is 11.2 Å². The van der Waals surface area contributed by atoms with E-state index < -0.39 is 0 Å². The van der Waals surface area contributed by atoms with Crippen LogP contribution in [0.5, 0.6) is 5.75 Å². The first-order chi connectivity index (χ1) is 15.7. The number of hydrogen-bond acceptors (Lipinski definition) is 3. The van der Waals surface area contributed by atoms with Crippen LogP contribution in [0.3, 0.4) is 0 Å². The van der Waals surface area contributed by atoms with Gasteiger partial charge >= 0.3 is 6.03 Å². The smallest absolute Gasteiger partial charge is 0.321 e. The summed E-state index contributed by atoms with van der Waals surface area (Å²) in [5.41, 5.74) is 3.31. The molecule has 1 fully saturated rings. The van der Waals surface area contributed by atoms with Gasteiger partial charge in [0.25, 0.3) is 5.91 Å². The number of anilines is 2. The number of likely N-dealkylation sites (tertiary alicyclic amines) is 1. The molecule has 3 amide bonds. The number of amides is 3. The van der Waals surface area contributed by atoms with E-state index in [1.54, 1.807) is 17.0 Å². The summed E-state index contributed by atoms with van der Waals surface area (Å²) in [6, 6.07) is 24.9. The Bertz CT molecular complexity index is 1060. The summed E-state index contributed by atoms with van der Waals surface area (Å²) in [4.78, 5) is 26.8. The fourth-order valence-electron chi connectivity index (χ4n) is 3.75. The molecule has 2 N–H and O–H groups in total. The molecule has 6 heteroatoms. The molecule has 0 aromatic heterocycles. The quantitative estimate of drug-likeness (QED) is 0.560. The van der Waals surface area contributed by atoms with Crippen LogP contribution in [0.15, 0.2) is 78.9 Å².